The van der Waals surface area contributed by atoms with Gasteiger partial charge < -0.3 is 4.90 Å². The summed E-state index contributed by atoms with van der Waals surface area (Å²) in [6.45, 7) is 0. The van der Waals surface area contributed by atoms with E-state index in [0.29, 0.717) is 0 Å². The molecule has 0 saturated carbocycles. The summed E-state index contributed by atoms with van der Waals surface area (Å²) in [5.41, 5.74) is 5.88. The van der Waals surface area contributed by atoms with Crippen molar-refractivity contribution in [1.82, 2.24) is 0 Å². The maximum Gasteiger partial charge on any atom is 0.179 e. The Labute approximate surface area is 304 Å². The Morgan fingerprint density at radius 3 is 1.33 bits per heavy atom. The zero-order valence-electron chi connectivity index (χ0n) is 28.1. The zero-order chi connectivity index (χ0) is 34.0. The number of nitrogens with zero attached hydrogens (tertiary/aromatic N) is 1. The Bertz CT molecular complexity index is 2450. The smallest absolute Gasteiger partial charge is 0.179 e. The fraction of sp³-hybridized carbons (Fsp3) is 0. The van der Waals surface area contributed by atoms with Crippen LogP contribution in [0.1, 0.15) is 0 Å². The summed E-state index contributed by atoms with van der Waals surface area (Å²) in [6.07, 6.45) is 0. The van der Waals surface area contributed by atoms with Gasteiger partial charge in [0.05, 0.1) is 10.4 Å². The Hall–Kier alpha value is -6.00. The van der Waals surface area contributed by atoms with Gasteiger partial charge in [0, 0.05) is 26.8 Å². The standard InChI is InChI=1S/C48H35NSSi/c1-5-16-38(17-6-1)49(46-26-15-25-45-44-24-13-14-27-47(44)50-48(45)46)39-32-28-36(29-33-39)37-30-34-43(35-31-37)51(40-18-7-2-8-19-40,41-20-9-3-10-21-41)42-22-11-4-12-23-42/h1-35H. The summed E-state index contributed by atoms with van der Waals surface area (Å²) in [5.74, 6) is 0. The number of hydrogen-bond acceptors (Lipinski definition) is 2. The molecular formula is C48H35NSSi. The lowest BCUT2D eigenvalue weighted by Crippen LogP contribution is -2.74. The Balaban J connectivity index is 1.13. The molecule has 1 aromatic heterocycles. The first-order valence-electron chi connectivity index (χ1n) is 17.4. The van der Waals surface area contributed by atoms with E-state index in [1.807, 2.05) is 11.3 Å². The molecule has 0 saturated heterocycles. The summed E-state index contributed by atoms with van der Waals surface area (Å²) in [5, 5.41) is 8.13. The van der Waals surface area contributed by atoms with E-state index in [0.717, 1.165) is 11.4 Å². The summed E-state index contributed by atoms with van der Waals surface area (Å²) >= 11 is 1.87. The quantitative estimate of drug-likeness (QED) is 0.114. The van der Waals surface area contributed by atoms with E-state index in [1.165, 1.54) is 57.7 Å². The normalized spacial score (nSPS) is 11.5. The molecule has 8 aromatic carbocycles. The number of hydrogen-bond donors (Lipinski definition) is 0. The van der Waals surface area contributed by atoms with Crippen LogP contribution < -0.4 is 25.6 Å². The van der Waals surface area contributed by atoms with E-state index in [-0.39, 0.29) is 0 Å². The first kappa shape index (κ1) is 31.0. The van der Waals surface area contributed by atoms with Crippen LogP contribution in [0.3, 0.4) is 0 Å². The van der Waals surface area contributed by atoms with E-state index in [9.17, 15) is 0 Å². The molecule has 9 aromatic rings. The van der Waals surface area contributed by atoms with E-state index in [2.05, 4.69) is 217 Å². The lowest BCUT2D eigenvalue weighted by molar-refractivity contribution is 1.30. The SMILES string of the molecule is c1ccc(N(c2ccc(-c3ccc([Si](c4ccccc4)(c4ccccc4)c4ccccc4)cc3)cc2)c2cccc3c2sc2ccccc23)cc1. The highest BCUT2D eigenvalue weighted by molar-refractivity contribution is 7.26. The molecule has 1 heterocycles. The topological polar surface area (TPSA) is 3.24 Å². The monoisotopic (exact) mass is 685 g/mol. The van der Waals surface area contributed by atoms with Crippen molar-refractivity contribution in [2.75, 3.05) is 4.90 Å². The number of rotatable bonds is 8. The van der Waals surface area contributed by atoms with Crippen LogP contribution in [-0.4, -0.2) is 8.07 Å². The van der Waals surface area contributed by atoms with Crippen LogP contribution in [0.2, 0.25) is 0 Å². The van der Waals surface area contributed by atoms with Crippen LogP contribution in [0.25, 0.3) is 31.3 Å². The molecule has 0 N–H and O–H groups in total. The van der Waals surface area contributed by atoms with Crippen molar-refractivity contribution in [3.8, 4) is 11.1 Å². The summed E-state index contributed by atoms with van der Waals surface area (Å²) < 4.78 is 2.61. The highest BCUT2D eigenvalue weighted by Crippen LogP contribution is 2.44. The molecule has 242 valence electrons. The minimum absolute atomic E-state index is 1.13. The lowest BCUT2D eigenvalue weighted by Gasteiger charge is -2.34. The molecule has 0 atom stereocenters. The molecule has 0 amide bonds. The fourth-order valence-electron chi connectivity index (χ4n) is 7.69. The molecule has 0 spiro atoms. The van der Waals surface area contributed by atoms with Gasteiger partial charge in [-0.15, -0.1) is 11.3 Å². The predicted octanol–water partition coefficient (Wildman–Crippen LogP) is 10.6. The number of benzene rings is 8. The average Bonchev–Trinajstić information content (AvgIpc) is 3.60. The number of anilines is 3. The van der Waals surface area contributed by atoms with Gasteiger partial charge in [-0.1, -0.05) is 176 Å². The fourth-order valence-corrected chi connectivity index (χ4v) is 13.6. The van der Waals surface area contributed by atoms with Gasteiger partial charge in [-0.2, -0.15) is 0 Å². The van der Waals surface area contributed by atoms with E-state index in [4.69, 9.17) is 0 Å². The molecular weight excluding hydrogens is 651 g/mol. The highest BCUT2D eigenvalue weighted by Gasteiger charge is 2.41. The molecule has 0 aliphatic rings. The Morgan fingerprint density at radius 2 is 0.765 bits per heavy atom. The van der Waals surface area contributed by atoms with Gasteiger partial charge in [-0.05, 0) is 68.3 Å². The number of fused-ring (bicyclic) bond motifs is 3. The summed E-state index contributed by atoms with van der Waals surface area (Å²) in [4.78, 5) is 2.39. The Kier molecular flexibility index (Phi) is 8.13. The van der Waals surface area contributed by atoms with Gasteiger partial charge in [0.15, 0.2) is 8.07 Å². The number of thiophene rings is 1. The van der Waals surface area contributed by atoms with Crippen molar-refractivity contribution in [2.45, 2.75) is 0 Å². The highest BCUT2D eigenvalue weighted by atomic mass is 32.1. The van der Waals surface area contributed by atoms with Crippen LogP contribution in [0.15, 0.2) is 212 Å². The van der Waals surface area contributed by atoms with Gasteiger partial charge in [-0.3, -0.25) is 0 Å². The molecule has 0 aliphatic carbocycles. The van der Waals surface area contributed by atoms with Gasteiger partial charge in [0.25, 0.3) is 0 Å². The minimum atomic E-state index is -2.56. The third-order valence-corrected chi connectivity index (χ3v) is 16.0. The molecule has 51 heavy (non-hydrogen) atoms. The largest absolute Gasteiger partial charge is 0.309 e. The second-order valence-corrected chi connectivity index (χ2v) is 17.8. The van der Waals surface area contributed by atoms with Crippen molar-refractivity contribution in [1.29, 1.82) is 0 Å². The van der Waals surface area contributed by atoms with Gasteiger partial charge in [0.2, 0.25) is 0 Å². The van der Waals surface area contributed by atoms with Crippen molar-refractivity contribution >= 4 is 77.4 Å². The second-order valence-electron chi connectivity index (χ2n) is 12.9. The van der Waals surface area contributed by atoms with Crippen molar-refractivity contribution in [3.63, 3.8) is 0 Å². The van der Waals surface area contributed by atoms with Gasteiger partial charge >= 0.3 is 0 Å². The van der Waals surface area contributed by atoms with Crippen LogP contribution in [0.5, 0.6) is 0 Å². The molecule has 0 unspecified atom stereocenters. The second kappa shape index (κ2) is 13.4. The Morgan fingerprint density at radius 1 is 0.333 bits per heavy atom. The molecule has 0 bridgehead atoms. The molecule has 0 fully saturated rings. The first-order chi connectivity index (χ1) is 25.3. The van der Waals surface area contributed by atoms with Crippen LogP contribution in [-0.2, 0) is 0 Å². The molecule has 0 radical (unpaired) electrons. The maximum atomic E-state index is 2.39. The predicted molar refractivity (Wildman–Crippen MR) is 223 cm³/mol. The zero-order valence-corrected chi connectivity index (χ0v) is 29.9. The minimum Gasteiger partial charge on any atom is -0.309 e. The number of para-hydroxylation sites is 1. The van der Waals surface area contributed by atoms with Crippen molar-refractivity contribution < 1.29 is 0 Å². The van der Waals surface area contributed by atoms with E-state index < -0.39 is 8.07 Å². The van der Waals surface area contributed by atoms with Gasteiger partial charge in [0.1, 0.15) is 0 Å². The van der Waals surface area contributed by atoms with Crippen molar-refractivity contribution in [3.05, 3.63) is 212 Å². The van der Waals surface area contributed by atoms with E-state index in [1.54, 1.807) is 0 Å². The average molecular weight is 686 g/mol. The first-order valence-corrected chi connectivity index (χ1v) is 20.3. The lowest BCUT2D eigenvalue weighted by atomic mass is 10.0. The van der Waals surface area contributed by atoms with Crippen LogP contribution in [0, 0.1) is 0 Å². The molecule has 9 rings (SSSR count). The molecule has 3 heteroatoms. The van der Waals surface area contributed by atoms with E-state index >= 15 is 0 Å². The maximum absolute atomic E-state index is 2.56. The summed E-state index contributed by atoms with van der Waals surface area (Å²) in [6, 6.07) is 77.9. The molecule has 0 aliphatic heterocycles. The van der Waals surface area contributed by atoms with Crippen LogP contribution in [0.4, 0.5) is 17.1 Å². The molecule has 1 nitrogen and oxygen atoms in total. The third-order valence-electron chi connectivity index (χ3n) is 10.0. The van der Waals surface area contributed by atoms with Crippen molar-refractivity contribution in [2.24, 2.45) is 0 Å². The van der Waals surface area contributed by atoms with Crippen LogP contribution >= 0.6 is 11.3 Å². The van der Waals surface area contributed by atoms with Gasteiger partial charge in [-0.25, -0.2) is 0 Å². The summed E-state index contributed by atoms with van der Waals surface area (Å²) in [7, 11) is -2.56. The third kappa shape index (κ3) is 5.48.